The van der Waals surface area contributed by atoms with E-state index >= 15 is 0 Å². The van der Waals surface area contributed by atoms with Gasteiger partial charge in [-0.05, 0) is 17.5 Å². The van der Waals surface area contributed by atoms with Gasteiger partial charge < -0.3 is 14.8 Å². The second kappa shape index (κ2) is 6.41. The third-order valence-electron chi connectivity index (χ3n) is 3.01. The van der Waals surface area contributed by atoms with E-state index in [9.17, 15) is 10.0 Å². The van der Waals surface area contributed by atoms with Gasteiger partial charge in [0, 0.05) is 5.46 Å². The molecule has 0 radical (unpaired) electrons. The molecule has 2 aromatic rings. The summed E-state index contributed by atoms with van der Waals surface area (Å²) in [5, 5.41) is 18.8. The van der Waals surface area contributed by atoms with E-state index in [2.05, 4.69) is 0 Å². The van der Waals surface area contributed by atoms with Gasteiger partial charge in [-0.2, -0.15) is 0 Å². The van der Waals surface area contributed by atoms with E-state index in [0.717, 1.165) is 17.5 Å². The summed E-state index contributed by atoms with van der Waals surface area (Å²) in [6.07, 6.45) is 0.782. The average molecular weight is 256 g/mol. The first kappa shape index (κ1) is 13.7. The Labute approximate surface area is 113 Å². The quantitative estimate of drug-likeness (QED) is 0.797. The molecular formula is C15H17BO3. The standard InChI is InChI=1S/C15H17BO3/c1-2-13-9-6-10-14(16(17)18)15(13)19-11-12-7-4-3-5-8-12/h3-10,17-18H,2,11H2,1H3. The fourth-order valence-corrected chi connectivity index (χ4v) is 1.99. The van der Waals surface area contributed by atoms with Crippen molar-refractivity contribution in [1.82, 2.24) is 0 Å². The van der Waals surface area contributed by atoms with E-state index < -0.39 is 7.12 Å². The molecule has 2 aromatic carbocycles. The molecule has 4 heteroatoms. The summed E-state index contributed by atoms with van der Waals surface area (Å²) in [6.45, 7) is 2.43. The predicted molar refractivity (Wildman–Crippen MR) is 76.4 cm³/mol. The van der Waals surface area contributed by atoms with Crippen LogP contribution in [0.2, 0.25) is 0 Å². The summed E-state index contributed by atoms with van der Waals surface area (Å²) in [5.74, 6) is 0.573. The molecular weight excluding hydrogens is 239 g/mol. The minimum Gasteiger partial charge on any atom is -0.489 e. The second-order valence-corrected chi connectivity index (χ2v) is 4.34. The first-order chi connectivity index (χ1) is 9.22. The maximum absolute atomic E-state index is 9.40. The molecule has 0 unspecified atom stereocenters. The molecule has 0 aliphatic rings. The third-order valence-corrected chi connectivity index (χ3v) is 3.01. The van der Waals surface area contributed by atoms with Crippen molar-refractivity contribution >= 4 is 12.6 Å². The topological polar surface area (TPSA) is 49.7 Å². The summed E-state index contributed by atoms with van der Waals surface area (Å²) < 4.78 is 5.79. The van der Waals surface area contributed by atoms with Crippen molar-refractivity contribution < 1.29 is 14.8 Å². The zero-order valence-corrected chi connectivity index (χ0v) is 10.9. The van der Waals surface area contributed by atoms with Gasteiger partial charge >= 0.3 is 7.12 Å². The fraction of sp³-hybridized carbons (Fsp3) is 0.200. The van der Waals surface area contributed by atoms with Crippen LogP contribution in [0.3, 0.4) is 0 Å². The van der Waals surface area contributed by atoms with Crippen LogP contribution in [-0.2, 0) is 13.0 Å². The zero-order valence-electron chi connectivity index (χ0n) is 10.9. The van der Waals surface area contributed by atoms with Crippen LogP contribution in [0, 0.1) is 0 Å². The highest BCUT2D eigenvalue weighted by Crippen LogP contribution is 2.18. The number of benzene rings is 2. The van der Waals surface area contributed by atoms with E-state index in [0.29, 0.717) is 17.8 Å². The normalized spacial score (nSPS) is 10.3. The molecule has 19 heavy (non-hydrogen) atoms. The van der Waals surface area contributed by atoms with E-state index in [1.54, 1.807) is 6.07 Å². The highest BCUT2D eigenvalue weighted by atomic mass is 16.5. The van der Waals surface area contributed by atoms with Gasteiger partial charge in [0.1, 0.15) is 12.4 Å². The molecule has 0 aromatic heterocycles. The molecule has 98 valence electrons. The molecule has 0 aliphatic heterocycles. The molecule has 0 spiro atoms. The van der Waals surface area contributed by atoms with Gasteiger partial charge in [0.15, 0.2) is 0 Å². The van der Waals surface area contributed by atoms with Crippen LogP contribution < -0.4 is 10.2 Å². The van der Waals surface area contributed by atoms with Crippen LogP contribution >= 0.6 is 0 Å². The van der Waals surface area contributed by atoms with Crippen LogP contribution in [0.4, 0.5) is 0 Å². The summed E-state index contributed by atoms with van der Waals surface area (Å²) >= 11 is 0. The van der Waals surface area contributed by atoms with Gasteiger partial charge in [0.25, 0.3) is 0 Å². The first-order valence-electron chi connectivity index (χ1n) is 6.37. The third kappa shape index (κ3) is 3.37. The van der Waals surface area contributed by atoms with Crippen molar-refractivity contribution in [1.29, 1.82) is 0 Å². The van der Waals surface area contributed by atoms with Crippen LogP contribution in [0.1, 0.15) is 18.1 Å². The second-order valence-electron chi connectivity index (χ2n) is 4.34. The van der Waals surface area contributed by atoms with Crippen LogP contribution in [0.15, 0.2) is 48.5 Å². The average Bonchev–Trinajstić information content (AvgIpc) is 2.45. The highest BCUT2D eigenvalue weighted by Gasteiger charge is 2.19. The largest absolute Gasteiger partial charge is 0.492 e. The number of ether oxygens (including phenoxy) is 1. The Bertz CT molecular complexity index is 526. The minimum absolute atomic E-state index is 0.412. The Balaban J connectivity index is 2.23. The Morgan fingerprint density at radius 2 is 1.74 bits per heavy atom. The van der Waals surface area contributed by atoms with Crippen LogP contribution in [0.25, 0.3) is 0 Å². The lowest BCUT2D eigenvalue weighted by atomic mass is 9.78. The van der Waals surface area contributed by atoms with Crippen molar-refractivity contribution in [2.45, 2.75) is 20.0 Å². The Morgan fingerprint density at radius 3 is 2.37 bits per heavy atom. The SMILES string of the molecule is CCc1cccc(B(O)O)c1OCc1ccccc1. The van der Waals surface area contributed by atoms with Gasteiger partial charge in [-0.1, -0.05) is 55.5 Å². The Hall–Kier alpha value is -1.78. The first-order valence-corrected chi connectivity index (χ1v) is 6.37. The zero-order chi connectivity index (χ0) is 13.7. The Morgan fingerprint density at radius 1 is 1.00 bits per heavy atom. The van der Waals surface area contributed by atoms with Crippen molar-refractivity contribution in [3.8, 4) is 5.75 Å². The predicted octanol–water partition coefficient (Wildman–Crippen LogP) is 1.51. The molecule has 3 nitrogen and oxygen atoms in total. The summed E-state index contributed by atoms with van der Waals surface area (Å²) in [5.41, 5.74) is 2.43. The lowest BCUT2D eigenvalue weighted by Gasteiger charge is -2.15. The molecule has 0 bridgehead atoms. The van der Waals surface area contributed by atoms with E-state index in [-0.39, 0.29) is 0 Å². The van der Waals surface area contributed by atoms with Gasteiger partial charge in [0.05, 0.1) is 0 Å². The van der Waals surface area contributed by atoms with Crippen molar-refractivity contribution in [2.24, 2.45) is 0 Å². The summed E-state index contributed by atoms with van der Waals surface area (Å²) in [7, 11) is -1.52. The van der Waals surface area contributed by atoms with Crippen LogP contribution in [-0.4, -0.2) is 17.2 Å². The van der Waals surface area contributed by atoms with E-state index in [1.807, 2.05) is 49.4 Å². The Kier molecular flexibility index (Phi) is 4.60. The molecule has 0 saturated carbocycles. The molecule has 0 saturated heterocycles. The molecule has 2 N–H and O–H groups in total. The lowest BCUT2D eigenvalue weighted by Crippen LogP contribution is -2.32. The smallest absolute Gasteiger partial charge is 0.489 e. The molecule has 0 heterocycles. The monoisotopic (exact) mass is 256 g/mol. The van der Waals surface area contributed by atoms with Gasteiger partial charge in [-0.25, -0.2) is 0 Å². The fourth-order valence-electron chi connectivity index (χ4n) is 1.99. The minimum atomic E-state index is -1.52. The van der Waals surface area contributed by atoms with Gasteiger partial charge in [-0.3, -0.25) is 0 Å². The maximum atomic E-state index is 9.40. The van der Waals surface area contributed by atoms with Crippen molar-refractivity contribution in [2.75, 3.05) is 0 Å². The van der Waals surface area contributed by atoms with Gasteiger partial charge in [0.2, 0.25) is 0 Å². The van der Waals surface area contributed by atoms with Crippen molar-refractivity contribution in [3.05, 3.63) is 59.7 Å². The number of hydrogen-bond acceptors (Lipinski definition) is 3. The summed E-state index contributed by atoms with van der Waals surface area (Å²) in [6, 6.07) is 15.2. The number of para-hydroxylation sites is 1. The molecule has 0 fully saturated rings. The number of rotatable bonds is 5. The van der Waals surface area contributed by atoms with E-state index in [4.69, 9.17) is 4.74 Å². The maximum Gasteiger partial charge on any atom is 0.492 e. The molecule has 0 aliphatic carbocycles. The van der Waals surface area contributed by atoms with Crippen molar-refractivity contribution in [3.63, 3.8) is 0 Å². The molecule has 0 atom stereocenters. The number of aryl methyl sites for hydroxylation is 1. The number of hydrogen-bond donors (Lipinski definition) is 2. The van der Waals surface area contributed by atoms with E-state index in [1.165, 1.54) is 0 Å². The van der Waals surface area contributed by atoms with Gasteiger partial charge in [-0.15, -0.1) is 0 Å². The molecule has 2 rings (SSSR count). The van der Waals surface area contributed by atoms with Crippen LogP contribution in [0.5, 0.6) is 5.75 Å². The molecule has 0 amide bonds. The lowest BCUT2D eigenvalue weighted by molar-refractivity contribution is 0.303. The summed E-state index contributed by atoms with van der Waals surface area (Å²) in [4.78, 5) is 0. The highest BCUT2D eigenvalue weighted by molar-refractivity contribution is 6.59.